The molecule has 3 heteroatoms. The lowest BCUT2D eigenvalue weighted by atomic mass is 9.94. The highest BCUT2D eigenvalue weighted by Crippen LogP contribution is 2.22. The van der Waals surface area contributed by atoms with Crippen molar-refractivity contribution in [1.82, 2.24) is 0 Å². The van der Waals surface area contributed by atoms with Gasteiger partial charge in [0.15, 0.2) is 5.78 Å². The van der Waals surface area contributed by atoms with Gasteiger partial charge in [0, 0.05) is 21.8 Å². The number of ketones is 1. The van der Waals surface area contributed by atoms with Gasteiger partial charge in [0.1, 0.15) is 0 Å². The lowest BCUT2D eigenvalue weighted by molar-refractivity contribution is 0.103. The molecule has 0 saturated heterocycles. The number of nitrogen functional groups attached to an aromatic ring is 1. The number of anilines is 1. The molecule has 2 aromatic carbocycles. The van der Waals surface area contributed by atoms with Crippen LogP contribution in [-0.2, 0) is 0 Å². The molecule has 0 unspecified atom stereocenters. The van der Waals surface area contributed by atoms with E-state index in [9.17, 15) is 4.79 Å². The summed E-state index contributed by atoms with van der Waals surface area (Å²) in [5.41, 5.74) is 10.7. The molecule has 0 aromatic heterocycles. The van der Waals surface area contributed by atoms with Crippen LogP contribution >= 0.6 is 11.6 Å². The lowest BCUT2D eigenvalue weighted by Crippen LogP contribution is -2.05. The zero-order chi connectivity index (χ0) is 14.2. The third-order valence-corrected chi connectivity index (χ3v) is 3.49. The summed E-state index contributed by atoms with van der Waals surface area (Å²) in [6.45, 7) is 5.97. The quantitative estimate of drug-likeness (QED) is 0.662. The molecule has 0 heterocycles. The molecule has 0 bridgehead atoms. The molecule has 0 atom stereocenters. The molecule has 2 aromatic rings. The summed E-state index contributed by atoms with van der Waals surface area (Å²) in [5, 5.41) is 0.477. The molecule has 2 nitrogen and oxygen atoms in total. The first kappa shape index (κ1) is 13.6. The maximum atomic E-state index is 12.5. The summed E-state index contributed by atoms with van der Waals surface area (Å²) in [6.07, 6.45) is 0. The Hall–Kier alpha value is -1.80. The Morgan fingerprint density at radius 3 is 2.21 bits per heavy atom. The average molecular weight is 274 g/mol. The molecule has 19 heavy (non-hydrogen) atoms. The van der Waals surface area contributed by atoms with Crippen molar-refractivity contribution in [2.75, 3.05) is 5.73 Å². The molecule has 0 fully saturated rings. The third-order valence-electron chi connectivity index (χ3n) is 3.27. The van der Waals surface area contributed by atoms with E-state index in [1.807, 2.05) is 32.9 Å². The van der Waals surface area contributed by atoms with Crippen molar-refractivity contribution < 1.29 is 4.79 Å². The van der Waals surface area contributed by atoms with Crippen molar-refractivity contribution in [2.45, 2.75) is 20.8 Å². The summed E-state index contributed by atoms with van der Waals surface area (Å²) in [6, 6.07) is 8.88. The fraction of sp³-hybridized carbons (Fsp3) is 0.188. The highest BCUT2D eigenvalue weighted by Gasteiger charge is 2.14. The predicted molar refractivity (Wildman–Crippen MR) is 79.9 cm³/mol. The van der Waals surface area contributed by atoms with Crippen LogP contribution in [0.5, 0.6) is 0 Å². The fourth-order valence-corrected chi connectivity index (χ4v) is 2.35. The molecule has 0 saturated carbocycles. The molecule has 98 valence electrons. The minimum atomic E-state index is -0.0465. The molecule has 0 spiro atoms. The number of carbonyl (C=O) groups is 1. The molecule has 2 N–H and O–H groups in total. The number of benzene rings is 2. The van der Waals surface area contributed by atoms with Gasteiger partial charge < -0.3 is 5.73 Å². The molecule has 0 aliphatic heterocycles. The molecular weight excluding hydrogens is 258 g/mol. The molecule has 0 aliphatic carbocycles. The minimum Gasteiger partial charge on any atom is -0.399 e. The predicted octanol–water partition coefficient (Wildman–Crippen LogP) is 4.08. The van der Waals surface area contributed by atoms with Gasteiger partial charge in [-0.3, -0.25) is 4.79 Å². The van der Waals surface area contributed by atoms with Gasteiger partial charge >= 0.3 is 0 Å². The van der Waals surface area contributed by atoms with Crippen LogP contribution < -0.4 is 5.73 Å². The van der Waals surface area contributed by atoms with E-state index >= 15 is 0 Å². The van der Waals surface area contributed by atoms with Gasteiger partial charge in [0.25, 0.3) is 0 Å². The third kappa shape index (κ3) is 2.79. The van der Waals surface area contributed by atoms with Crippen molar-refractivity contribution in [3.8, 4) is 0 Å². The van der Waals surface area contributed by atoms with Crippen LogP contribution in [0.25, 0.3) is 0 Å². The Labute approximate surface area is 118 Å². The first-order valence-corrected chi connectivity index (χ1v) is 6.45. The monoisotopic (exact) mass is 273 g/mol. The zero-order valence-electron chi connectivity index (χ0n) is 11.3. The Kier molecular flexibility index (Phi) is 3.63. The van der Waals surface area contributed by atoms with E-state index < -0.39 is 0 Å². The van der Waals surface area contributed by atoms with Crippen molar-refractivity contribution in [3.05, 3.63) is 63.2 Å². The molecular formula is C16H16ClNO. The van der Waals surface area contributed by atoms with Crippen molar-refractivity contribution in [2.24, 2.45) is 0 Å². The van der Waals surface area contributed by atoms with Crippen molar-refractivity contribution in [3.63, 3.8) is 0 Å². The van der Waals surface area contributed by atoms with E-state index in [-0.39, 0.29) is 5.78 Å². The first-order valence-electron chi connectivity index (χ1n) is 6.07. The van der Waals surface area contributed by atoms with Crippen molar-refractivity contribution >= 4 is 23.1 Å². The van der Waals surface area contributed by atoms with Gasteiger partial charge in [0.2, 0.25) is 0 Å². The van der Waals surface area contributed by atoms with Gasteiger partial charge in [-0.2, -0.15) is 0 Å². The molecule has 2 rings (SSSR count). The van der Waals surface area contributed by atoms with Gasteiger partial charge in [0.05, 0.1) is 0 Å². The Bertz CT molecular complexity index is 642. The van der Waals surface area contributed by atoms with E-state index in [1.165, 1.54) is 5.56 Å². The Morgan fingerprint density at radius 1 is 0.947 bits per heavy atom. The van der Waals surface area contributed by atoms with Crippen LogP contribution in [-0.4, -0.2) is 5.78 Å². The maximum absolute atomic E-state index is 12.5. The highest BCUT2D eigenvalue weighted by molar-refractivity contribution is 6.31. The van der Waals surface area contributed by atoms with Gasteiger partial charge in [-0.25, -0.2) is 0 Å². The first-order chi connectivity index (χ1) is 8.88. The largest absolute Gasteiger partial charge is 0.399 e. The van der Waals surface area contributed by atoms with E-state index in [1.54, 1.807) is 18.2 Å². The SMILES string of the molecule is Cc1cc(C)c(C(=O)c2cc(N)cc(Cl)c2)cc1C. The Morgan fingerprint density at radius 2 is 1.58 bits per heavy atom. The second-order valence-electron chi connectivity index (χ2n) is 4.85. The van der Waals surface area contributed by atoms with Crippen LogP contribution in [0.3, 0.4) is 0 Å². The average Bonchev–Trinajstić information content (AvgIpc) is 2.31. The number of rotatable bonds is 2. The number of hydrogen-bond donors (Lipinski definition) is 1. The van der Waals surface area contributed by atoms with Crippen LogP contribution in [0.4, 0.5) is 5.69 Å². The minimum absolute atomic E-state index is 0.0465. The fourth-order valence-electron chi connectivity index (χ4n) is 2.10. The van der Waals surface area contributed by atoms with Gasteiger partial charge in [-0.1, -0.05) is 17.7 Å². The number of aryl methyl sites for hydroxylation is 3. The number of nitrogens with two attached hydrogens (primary N) is 1. The maximum Gasteiger partial charge on any atom is 0.193 e. The summed E-state index contributed by atoms with van der Waals surface area (Å²) >= 11 is 5.95. The van der Waals surface area contributed by atoms with E-state index in [2.05, 4.69) is 0 Å². The van der Waals surface area contributed by atoms with Gasteiger partial charge in [-0.05, 0) is 61.7 Å². The lowest BCUT2D eigenvalue weighted by Gasteiger charge is -2.10. The summed E-state index contributed by atoms with van der Waals surface area (Å²) < 4.78 is 0. The summed E-state index contributed by atoms with van der Waals surface area (Å²) in [4.78, 5) is 12.5. The van der Waals surface area contributed by atoms with E-state index in [0.29, 0.717) is 21.8 Å². The molecule has 0 radical (unpaired) electrons. The van der Waals surface area contributed by atoms with Gasteiger partial charge in [-0.15, -0.1) is 0 Å². The van der Waals surface area contributed by atoms with Crippen LogP contribution in [0.15, 0.2) is 30.3 Å². The number of halogens is 1. The van der Waals surface area contributed by atoms with Crippen LogP contribution in [0.1, 0.15) is 32.6 Å². The summed E-state index contributed by atoms with van der Waals surface area (Å²) in [7, 11) is 0. The summed E-state index contributed by atoms with van der Waals surface area (Å²) in [5.74, 6) is -0.0465. The standard InChI is InChI=1S/C16H16ClNO/c1-9-4-11(3)15(5-10(9)2)16(19)12-6-13(17)8-14(18)7-12/h4-8H,18H2,1-3H3. The van der Waals surface area contributed by atoms with Crippen molar-refractivity contribution in [1.29, 1.82) is 0 Å². The zero-order valence-corrected chi connectivity index (χ0v) is 12.0. The smallest absolute Gasteiger partial charge is 0.193 e. The normalized spacial score (nSPS) is 10.5. The second kappa shape index (κ2) is 5.06. The molecule has 0 amide bonds. The second-order valence-corrected chi connectivity index (χ2v) is 5.29. The van der Waals surface area contributed by atoms with E-state index in [0.717, 1.165) is 11.1 Å². The molecule has 0 aliphatic rings. The number of carbonyl (C=O) groups excluding carboxylic acids is 1. The Balaban J connectivity index is 2.53. The highest BCUT2D eigenvalue weighted by atomic mass is 35.5. The van der Waals surface area contributed by atoms with Crippen LogP contribution in [0, 0.1) is 20.8 Å². The topological polar surface area (TPSA) is 43.1 Å². The van der Waals surface area contributed by atoms with E-state index in [4.69, 9.17) is 17.3 Å². The van der Waals surface area contributed by atoms with Crippen LogP contribution in [0.2, 0.25) is 5.02 Å². The number of hydrogen-bond acceptors (Lipinski definition) is 2.